The molecule has 2 atom stereocenters. The minimum absolute atomic E-state index is 0.0682. The second kappa shape index (κ2) is 12.1. The van der Waals surface area contributed by atoms with E-state index in [1.165, 1.54) is 19.1 Å². The number of ether oxygens (including phenoxy) is 1. The van der Waals surface area contributed by atoms with Gasteiger partial charge in [0.25, 0.3) is 5.91 Å². The van der Waals surface area contributed by atoms with Crippen LogP contribution in [0.25, 0.3) is 16.9 Å². The number of benzene rings is 2. The van der Waals surface area contributed by atoms with E-state index in [9.17, 15) is 23.5 Å². The number of aliphatic hydroxyl groups is 1. The van der Waals surface area contributed by atoms with Crippen LogP contribution < -0.4 is 15.8 Å². The van der Waals surface area contributed by atoms with Gasteiger partial charge in [0.1, 0.15) is 11.8 Å². The molecule has 1 saturated heterocycles. The SMILES string of the molecule is Cc1cc(Nc2nccn3c(-c4ccc(OC(F)F)cc4)cnc23)ccc1C(=O)N1CCN(C(=O)C(N)C(C)O)CC1. The maximum Gasteiger partial charge on any atom is 0.387 e. The van der Waals surface area contributed by atoms with E-state index in [0.29, 0.717) is 48.9 Å². The second-order valence-electron chi connectivity index (χ2n) is 10.1. The summed E-state index contributed by atoms with van der Waals surface area (Å²) in [5, 5.41) is 12.9. The maximum atomic E-state index is 13.3. The summed E-state index contributed by atoms with van der Waals surface area (Å²) in [6.45, 7) is 1.86. The van der Waals surface area contributed by atoms with E-state index in [1.807, 2.05) is 17.4 Å². The number of anilines is 2. The summed E-state index contributed by atoms with van der Waals surface area (Å²) in [7, 11) is 0. The summed E-state index contributed by atoms with van der Waals surface area (Å²) in [5.41, 5.74) is 9.87. The van der Waals surface area contributed by atoms with Crippen LogP contribution in [0.5, 0.6) is 5.75 Å². The van der Waals surface area contributed by atoms with Gasteiger partial charge in [0, 0.05) is 55.4 Å². The molecule has 2 amide bonds. The Balaban J connectivity index is 1.27. The summed E-state index contributed by atoms with van der Waals surface area (Å²) in [4.78, 5) is 37.9. The summed E-state index contributed by atoms with van der Waals surface area (Å²) in [6.07, 6.45) is 4.10. The Labute approximate surface area is 240 Å². The Morgan fingerprint density at radius 2 is 1.74 bits per heavy atom. The molecule has 220 valence electrons. The number of hydrogen-bond donors (Lipinski definition) is 3. The molecule has 42 heavy (non-hydrogen) atoms. The zero-order chi connectivity index (χ0) is 30.0. The van der Waals surface area contributed by atoms with Gasteiger partial charge in [-0.25, -0.2) is 9.97 Å². The lowest BCUT2D eigenvalue weighted by Gasteiger charge is -2.36. The fourth-order valence-corrected chi connectivity index (χ4v) is 4.86. The van der Waals surface area contributed by atoms with Gasteiger partial charge in [0.2, 0.25) is 5.91 Å². The Bertz CT molecular complexity index is 1580. The van der Waals surface area contributed by atoms with Crippen molar-refractivity contribution in [2.24, 2.45) is 5.73 Å². The van der Waals surface area contributed by atoms with Gasteiger partial charge in [0.15, 0.2) is 11.5 Å². The van der Waals surface area contributed by atoms with Gasteiger partial charge in [0.05, 0.1) is 18.0 Å². The lowest BCUT2D eigenvalue weighted by molar-refractivity contribution is -0.136. The van der Waals surface area contributed by atoms with Crippen LogP contribution in [0.4, 0.5) is 20.3 Å². The molecule has 2 aromatic heterocycles. The third-order valence-electron chi connectivity index (χ3n) is 7.21. The molecule has 1 aliphatic heterocycles. The number of aliphatic hydroxyl groups excluding tert-OH is 1. The summed E-state index contributed by atoms with van der Waals surface area (Å²) in [5.74, 6) is 0.109. The van der Waals surface area contributed by atoms with E-state index in [-0.39, 0.29) is 17.6 Å². The van der Waals surface area contributed by atoms with Crippen LogP contribution in [0.3, 0.4) is 0 Å². The molecule has 4 aromatic rings. The number of nitrogens with zero attached hydrogens (tertiary/aromatic N) is 5. The van der Waals surface area contributed by atoms with Crippen molar-refractivity contribution in [3.05, 3.63) is 72.2 Å². The molecule has 0 saturated carbocycles. The van der Waals surface area contributed by atoms with E-state index in [1.54, 1.807) is 52.7 Å². The number of amides is 2. The number of imidazole rings is 1. The molecule has 0 aliphatic carbocycles. The van der Waals surface area contributed by atoms with Crippen LogP contribution >= 0.6 is 0 Å². The first-order chi connectivity index (χ1) is 20.1. The van der Waals surface area contributed by atoms with Crippen LogP contribution in [0.15, 0.2) is 61.1 Å². The Kier molecular flexibility index (Phi) is 8.31. The van der Waals surface area contributed by atoms with Gasteiger partial charge < -0.3 is 30.7 Å². The molecule has 0 bridgehead atoms. The molecule has 2 unspecified atom stereocenters. The third kappa shape index (κ3) is 6.02. The van der Waals surface area contributed by atoms with E-state index in [0.717, 1.165) is 16.8 Å². The first kappa shape index (κ1) is 28.9. The Hall–Kier alpha value is -4.62. The van der Waals surface area contributed by atoms with E-state index in [4.69, 9.17) is 5.73 Å². The van der Waals surface area contributed by atoms with Crippen LogP contribution in [0, 0.1) is 6.92 Å². The van der Waals surface area contributed by atoms with Gasteiger partial charge >= 0.3 is 6.61 Å². The summed E-state index contributed by atoms with van der Waals surface area (Å²) < 4.78 is 31.2. The maximum absolute atomic E-state index is 13.3. The number of alkyl halides is 2. The fourth-order valence-electron chi connectivity index (χ4n) is 4.86. The van der Waals surface area contributed by atoms with Crippen molar-refractivity contribution in [2.75, 3.05) is 31.5 Å². The number of aryl methyl sites for hydroxylation is 1. The number of carbonyl (C=O) groups excluding carboxylic acids is 2. The molecule has 4 N–H and O–H groups in total. The number of carbonyl (C=O) groups is 2. The Morgan fingerprint density at radius 1 is 1.05 bits per heavy atom. The van der Waals surface area contributed by atoms with Crippen LogP contribution in [0.1, 0.15) is 22.8 Å². The highest BCUT2D eigenvalue weighted by Gasteiger charge is 2.30. The number of fused-ring (bicyclic) bond motifs is 1. The van der Waals surface area contributed by atoms with Crippen molar-refractivity contribution in [3.8, 4) is 17.0 Å². The number of piperazine rings is 1. The molecule has 5 rings (SSSR count). The predicted octanol–water partition coefficient (Wildman–Crippen LogP) is 3.04. The highest BCUT2D eigenvalue weighted by molar-refractivity contribution is 5.96. The Morgan fingerprint density at radius 3 is 2.38 bits per heavy atom. The number of halogens is 2. The number of aromatic nitrogens is 3. The topological polar surface area (TPSA) is 138 Å². The molecule has 1 aliphatic rings. The lowest BCUT2D eigenvalue weighted by atomic mass is 10.1. The minimum Gasteiger partial charge on any atom is -0.435 e. The van der Waals surface area contributed by atoms with E-state index in [2.05, 4.69) is 20.0 Å². The first-order valence-electron chi connectivity index (χ1n) is 13.4. The minimum atomic E-state index is -2.89. The molecule has 11 nitrogen and oxygen atoms in total. The normalized spacial score (nSPS) is 15.1. The standard InChI is InChI=1S/C29H31F2N7O4/c1-17-15-20(5-8-22(17)27(40)36-11-13-37(14-12-36)28(41)24(32)18(2)39)35-25-26-34-16-23(38(26)10-9-33-25)19-3-6-21(7-4-19)42-29(30)31/h3-10,15-16,18,24,29,39H,11-14,32H2,1-2H3,(H,33,35). The summed E-state index contributed by atoms with van der Waals surface area (Å²) in [6, 6.07) is 10.7. The lowest BCUT2D eigenvalue weighted by Crippen LogP contribution is -2.56. The van der Waals surface area contributed by atoms with Gasteiger partial charge in [-0.15, -0.1) is 0 Å². The average Bonchev–Trinajstić information content (AvgIpc) is 3.41. The van der Waals surface area contributed by atoms with Crippen molar-refractivity contribution < 1.29 is 28.2 Å². The van der Waals surface area contributed by atoms with Crippen molar-refractivity contribution in [2.45, 2.75) is 32.6 Å². The molecule has 3 heterocycles. The second-order valence-corrected chi connectivity index (χ2v) is 10.1. The molecule has 0 radical (unpaired) electrons. The van der Waals surface area contributed by atoms with Gasteiger partial charge in [-0.05, 0) is 61.9 Å². The van der Waals surface area contributed by atoms with Crippen molar-refractivity contribution in [3.63, 3.8) is 0 Å². The predicted molar refractivity (Wildman–Crippen MR) is 152 cm³/mol. The summed E-state index contributed by atoms with van der Waals surface area (Å²) >= 11 is 0. The highest BCUT2D eigenvalue weighted by atomic mass is 19.3. The quantitative estimate of drug-likeness (QED) is 0.290. The molecule has 1 fully saturated rings. The van der Waals surface area contributed by atoms with Crippen LogP contribution in [0.2, 0.25) is 0 Å². The molecule has 13 heteroatoms. The smallest absolute Gasteiger partial charge is 0.387 e. The molecule has 0 spiro atoms. The zero-order valence-electron chi connectivity index (χ0n) is 23.1. The van der Waals surface area contributed by atoms with Crippen molar-refractivity contribution in [1.82, 2.24) is 24.2 Å². The molecular weight excluding hydrogens is 548 g/mol. The third-order valence-corrected chi connectivity index (χ3v) is 7.21. The molecular formula is C29H31F2N7O4. The molecule has 2 aromatic carbocycles. The largest absolute Gasteiger partial charge is 0.435 e. The van der Waals surface area contributed by atoms with Crippen molar-refractivity contribution in [1.29, 1.82) is 0 Å². The number of hydrogen-bond acceptors (Lipinski definition) is 8. The van der Waals surface area contributed by atoms with Crippen molar-refractivity contribution >= 4 is 29.0 Å². The first-order valence-corrected chi connectivity index (χ1v) is 13.4. The van der Waals surface area contributed by atoms with Gasteiger partial charge in [-0.1, -0.05) is 0 Å². The van der Waals surface area contributed by atoms with Gasteiger partial charge in [-0.2, -0.15) is 8.78 Å². The van der Waals surface area contributed by atoms with Gasteiger partial charge in [-0.3, -0.25) is 14.0 Å². The van der Waals surface area contributed by atoms with E-state index < -0.39 is 18.8 Å². The van der Waals surface area contributed by atoms with Crippen LogP contribution in [-0.2, 0) is 4.79 Å². The number of rotatable bonds is 8. The monoisotopic (exact) mass is 579 g/mol. The number of nitrogens with one attached hydrogen (secondary N) is 1. The zero-order valence-corrected chi connectivity index (χ0v) is 23.1. The highest BCUT2D eigenvalue weighted by Crippen LogP contribution is 2.28. The fraction of sp³-hybridized carbons (Fsp3) is 0.310. The van der Waals surface area contributed by atoms with E-state index >= 15 is 0 Å². The average molecular weight is 580 g/mol. The van der Waals surface area contributed by atoms with Crippen LogP contribution in [-0.4, -0.2) is 86.0 Å². The number of nitrogens with two attached hydrogens (primary N) is 1.